The van der Waals surface area contributed by atoms with Crippen molar-refractivity contribution in [3.63, 3.8) is 0 Å². The Balaban J connectivity index is 3.53. The van der Waals surface area contributed by atoms with Crippen LogP contribution in [0.5, 0.6) is 0 Å². The van der Waals surface area contributed by atoms with Crippen molar-refractivity contribution in [3.05, 3.63) is 32.4 Å². The molecule has 1 rings (SSSR count). The smallest absolute Gasteiger partial charge is 0.250 e. The SMILES string of the molecule is Cc1c(I)ccc(C#N)c1C(N)=O. The van der Waals surface area contributed by atoms with Gasteiger partial charge in [0.2, 0.25) is 5.91 Å². The molecular formula is C9H7IN2O. The summed E-state index contributed by atoms with van der Waals surface area (Å²) in [6, 6.07) is 5.34. The lowest BCUT2D eigenvalue weighted by Gasteiger charge is -2.05. The van der Waals surface area contributed by atoms with Crippen molar-refractivity contribution in [2.24, 2.45) is 5.73 Å². The zero-order chi connectivity index (χ0) is 10.0. The van der Waals surface area contributed by atoms with Crippen LogP contribution in [0.4, 0.5) is 0 Å². The molecule has 66 valence electrons. The lowest BCUT2D eigenvalue weighted by atomic mass is 10.0. The Labute approximate surface area is 89.7 Å². The monoisotopic (exact) mass is 286 g/mol. The van der Waals surface area contributed by atoms with Crippen LogP contribution < -0.4 is 5.73 Å². The topological polar surface area (TPSA) is 66.9 Å². The maximum Gasteiger partial charge on any atom is 0.250 e. The van der Waals surface area contributed by atoms with Crippen LogP contribution in [0.15, 0.2) is 12.1 Å². The Morgan fingerprint density at radius 2 is 2.23 bits per heavy atom. The van der Waals surface area contributed by atoms with E-state index in [9.17, 15) is 4.79 Å². The third-order valence-electron chi connectivity index (χ3n) is 1.77. The van der Waals surface area contributed by atoms with Crippen LogP contribution >= 0.6 is 22.6 Å². The minimum absolute atomic E-state index is 0.328. The van der Waals surface area contributed by atoms with Crippen molar-refractivity contribution in [2.45, 2.75) is 6.92 Å². The van der Waals surface area contributed by atoms with Gasteiger partial charge in [-0.25, -0.2) is 0 Å². The van der Waals surface area contributed by atoms with Crippen molar-refractivity contribution >= 4 is 28.5 Å². The van der Waals surface area contributed by atoms with Crippen molar-refractivity contribution in [3.8, 4) is 6.07 Å². The maximum absolute atomic E-state index is 11.0. The van der Waals surface area contributed by atoms with E-state index in [-0.39, 0.29) is 0 Å². The molecule has 13 heavy (non-hydrogen) atoms. The van der Waals surface area contributed by atoms with Gasteiger partial charge in [-0.15, -0.1) is 0 Å². The van der Waals surface area contributed by atoms with Crippen molar-refractivity contribution in [1.29, 1.82) is 5.26 Å². The van der Waals surface area contributed by atoms with Crippen molar-refractivity contribution in [1.82, 2.24) is 0 Å². The third-order valence-corrected chi connectivity index (χ3v) is 2.93. The third kappa shape index (κ3) is 1.80. The number of halogens is 1. The second kappa shape index (κ2) is 3.75. The highest BCUT2D eigenvalue weighted by atomic mass is 127. The van der Waals surface area contributed by atoms with Crippen LogP contribution in [-0.2, 0) is 0 Å². The number of hydrogen-bond donors (Lipinski definition) is 1. The predicted octanol–water partition coefficient (Wildman–Crippen LogP) is 1.57. The molecule has 3 nitrogen and oxygen atoms in total. The van der Waals surface area contributed by atoms with Crippen molar-refractivity contribution in [2.75, 3.05) is 0 Å². The number of nitrogens with two attached hydrogens (primary N) is 1. The molecule has 1 aromatic rings. The molecule has 0 aromatic heterocycles. The van der Waals surface area contributed by atoms with Crippen LogP contribution in [0.1, 0.15) is 21.5 Å². The number of hydrogen-bond acceptors (Lipinski definition) is 2. The van der Waals surface area contributed by atoms with Gasteiger partial charge in [-0.05, 0) is 47.2 Å². The molecule has 0 aliphatic carbocycles. The summed E-state index contributed by atoms with van der Waals surface area (Å²) in [5, 5.41) is 8.72. The van der Waals surface area contributed by atoms with E-state index in [0.717, 1.165) is 9.13 Å². The molecule has 0 aliphatic heterocycles. The van der Waals surface area contributed by atoms with Gasteiger partial charge in [0.1, 0.15) is 0 Å². The van der Waals surface area contributed by atoms with Crippen LogP contribution in [-0.4, -0.2) is 5.91 Å². The number of primary amides is 1. The van der Waals surface area contributed by atoms with Gasteiger partial charge in [-0.1, -0.05) is 0 Å². The molecule has 0 atom stereocenters. The van der Waals surface area contributed by atoms with E-state index in [2.05, 4.69) is 22.6 Å². The number of rotatable bonds is 1. The second-order valence-corrected chi connectivity index (χ2v) is 3.73. The highest BCUT2D eigenvalue weighted by Crippen LogP contribution is 2.19. The first-order chi connectivity index (χ1) is 6.07. The number of carbonyl (C=O) groups excluding carboxylic acids is 1. The summed E-state index contributed by atoms with van der Waals surface area (Å²) >= 11 is 2.10. The molecule has 1 amide bonds. The van der Waals surface area contributed by atoms with E-state index >= 15 is 0 Å². The molecule has 2 N–H and O–H groups in total. The molecule has 0 radical (unpaired) electrons. The van der Waals surface area contributed by atoms with Gasteiger partial charge in [0.25, 0.3) is 0 Å². The molecule has 0 heterocycles. The van der Waals surface area contributed by atoms with E-state index in [1.807, 2.05) is 6.07 Å². The molecule has 0 aliphatic rings. The number of nitriles is 1. The lowest BCUT2D eigenvalue weighted by Crippen LogP contribution is -2.15. The zero-order valence-corrected chi connectivity index (χ0v) is 9.12. The van der Waals surface area contributed by atoms with Gasteiger partial charge in [0.15, 0.2) is 0 Å². The standard InChI is InChI=1S/C9H7IN2O/c1-5-7(10)3-2-6(4-11)8(5)9(12)13/h2-3H,1H3,(H2,12,13). The van der Waals surface area contributed by atoms with Crippen LogP contribution in [0.25, 0.3) is 0 Å². The summed E-state index contributed by atoms with van der Waals surface area (Å²) in [5.74, 6) is -0.549. The van der Waals surface area contributed by atoms with Crippen molar-refractivity contribution < 1.29 is 4.79 Å². The minimum atomic E-state index is -0.549. The van der Waals surface area contributed by atoms with Gasteiger partial charge in [0.05, 0.1) is 17.2 Å². The van der Waals surface area contributed by atoms with Gasteiger partial charge < -0.3 is 5.73 Å². The van der Waals surface area contributed by atoms with Gasteiger partial charge >= 0.3 is 0 Å². The molecule has 0 saturated heterocycles. The van der Waals surface area contributed by atoms with Crippen LogP contribution in [0, 0.1) is 21.8 Å². The van der Waals surface area contributed by atoms with Gasteiger partial charge in [-0.3, -0.25) is 4.79 Å². The van der Waals surface area contributed by atoms with Crippen LogP contribution in [0.2, 0.25) is 0 Å². The molecule has 0 fully saturated rings. The number of carbonyl (C=O) groups is 1. The Morgan fingerprint density at radius 1 is 1.62 bits per heavy atom. The molecule has 4 heteroatoms. The highest BCUT2D eigenvalue weighted by molar-refractivity contribution is 14.1. The largest absolute Gasteiger partial charge is 0.366 e. The normalized spacial score (nSPS) is 9.31. The summed E-state index contributed by atoms with van der Waals surface area (Å²) in [5.41, 5.74) is 6.60. The molecule has 0 unspecified atom stereocenters. The summed E-state index contributed by atoms with van der Waals surface area (Å²) < 4.78 is 0.936. The Bertz CT molecular complexity index is 407. The van der Waals surface area contributed by atoms with Crippen LogP contribution in [0.3, 0.4) is 0 Å². The van der Waals surface area contributed by atoms with Gasteiger partial charge in [0, 0.05) is 3.57 Å². The lowest BCUT2D eigenvalue weighted by molar-refractivity contribution is 0.0999. The predicted molar refractivity (Wildman–Crippen MR) is 57.1 cm³/mol. The first kappa shape index (κ1) is 9.99. The number of amides is 1. The molecular weight excluding hydrogens is 279 g/mol. The second-order valence-electron chi connectivity index (χ2n) is 2.57. The average Bonchev–Trinajstić information content (AvgIpc) is 2.08. The summed E-state index contributed by atoms with van der Waals surface area (Å²) in [4.78, 5) is 11.0. The summed E-state index contributed by atoms with van der Waals surface area (Å²) in [7, 11) is 0. The fourth-order valence-electron chi connectivity index (χ4n) is 1.10. The van der Waals surface area contributed by atoms with E-state index in [1.54, 1.807) is 19.1 Å². The Hall–Kier alpha value is -1.09. The number of benzene rings is 1. The molecule has 0 saturated carbocycles. The Kier molecular flexibility index (Phi) is 2.88. The van der Waals surface area contributed by atoms with Gasteiger partial charge in [-0.2, -0.15) is 5.26 Å². The fraction of sp³-hybridized carbons (Fsp3) is 0.111. The van der Waals surface area contributed by atoms with E-state index < -0.39 is 5.91 Å². The first-order valence-electron chi connectivity index (χ1n) is 3.57. The summed E-state index contributed by atoms with van der Waals surface area (Å²) in [6.07, 6.45) is 0. The minimum Gasteiger partial charge on any atom is -0.366 e. The molecule has 0 spiro atoms. The number of nitrogens with zero attached hydrogens (tertiary/aromatic N) is 1. The highest BCUT2D eigenvalue weighted by Gasteiger charge is 2.12. The zero-order valence-electron chi connectivity index (χ0n) is 6.97. The molecule has 1 aromatic carbocycles. The summed E-state index contributed by atoms with van der Waals surface area (Å²) in [6.45, 7) is 1.78. The molecule has 0 bridgehead atoms. The van der Waals surface area contributed by atoms with E-state index in [0.29, 0.717) is 11.1 Å². The fourth-order valence-corrected chi connectivity index (χ4v) is 1.55. The van der Waals surface area contributed by atoms with E-state index in [1.165, 1.54) is 0 Å². The first-order valence-corrected chi connectivity index (χ1v) is 4.64. The maximum atomic E-state index is 11.0. The van der Waals surface area contributed by atoms with E-state index in [4.69, 9.17) is 11.0 Å². The Morgan fingerprint density at radius 3 is 2.69 bits per heavy atom. The average molecular weight is 286 g/mol. The quantitative estimate of drug-likeness (QED) is 0.796.